The summed E-state index contributed by atoms with van der Waals surface area (Å²) in [6.45, 7) is 0. The van der Waals surface area contributed by atoms with E-state index in [0.29, 0.717) is 22.4 Å². The molecule has 0 radical (unpaired) electrons. The van der Waals surface area contributed by atoms with E-state index in [4.69, 9.17) is 16.6 Å². The summed E-state index contributed by atoms with van der Waals surface area (Å²) in [4.78, 5) is 18.1. The Balaban J connectivity index is 1.63. The van der Waals surface area contributed by atoms with Crippen molar-refractivity contribution in [2.75, 3.05) is 5.32 Å². The van der Waals surface area contributed by atoms with E-state index in [9.17, 15) is 4.79 Å². The van der Waals surface area contributed by atoms with Crippen LogP contribution in [0.3, 0.4) is 0 Å². The average molecular weight is 455 g/mol. The zero-order valence-electron chi connectivity index (χ0n) is 17.0. The molecule has 0 unspecified atom stereocenters. The molecule has 0 saturated carbocycles. The van der Waals surface area contributed by atoms with E-state index in [-0.39, 0.29) is 5.52 Å². The van der Waals surface area contributed by atoms with Crippen molar-refractivity contribution in [1.29, 1.82) is 0 Å². The van der Waals surface area contributed by atoms with Crippen LogP contribution in [0.15, 0.2) is 89.7 Å². The SMILES string of the molecule is O=c1c2nnn(-c3ccccc3)c2nc2n(-c3ccccc3)c(Nc3ccc(Cl)cc3)nn12. The Kier molecular flexibility index (Phi) is 4.41. The number of fused-ring (bicyclic) bond motifs is 2. The number of hydrogen-bond donors (Lipinski definition) is 1. The molecule has 6 aromatic rings. The van der Waals surface area contributed by atoms with E-state index in [1.807, 2.05) is 72.8 Å². The lowest BCUT2D eigenvalue weighted by Gasteiger charge is -2.09. The fraction of sp³-hybridized carbons (Fsp3) is 0. The third-order valence-electron chi connectivity index (χ3n) is 5.16. The van der Waals surface area contributed by atoms with Gasteiger partial charge in [-0.2, -0.15) is 14.2 Å². The molecule has 3 aromatic carbocycles. The van der Waals surface area contributed by atoms with Crippen LogP contribution in [0.5, 0.6) is 0 Å². The van der Waals surface area contributed by atoms with Crippen LogP contribution in [-0.4, -0.2) is 34.2 Å². The highest BCUT2D eigenvalue weighted by atomic mass is 35.5. The minimum atomic E-state index is -0.411. The Labute approximate surface area is 191 Å². The lowest BCUT2D eigenvalue weighted by Crippen LogP contribution is -2.17. The molecule has 3 heterocycles. The van der Waals surface area contributed by atoms with Crippen molar-refractivity contribution in [2.45, 2.75) is 0 Å². The van der Waals surface area contributed by atoms with E-state index in [1.165, 1.54) is 4.52 Å². The molecular weight excluding hydrogens is 440 g/mol. The first-order valence-corrected chi connectivity index (χ1v) is 10.5. The number of anilines is 2. The zero-order chi connectivity index (χ0) is 22.4. The Morgan fingerprint density at radius 2 is 1.48 bits per heavy atom. The second kappa shape index (κ2) is 7.57. The third kappa shape index (κ3) is 3.22. The summed E-state index contributed by atoms with van der Waals surface area (Å²) in [5.41, 5.74) is 2.37. The first-order chi connectivity index (χ1) is 16.2. The van der Waals surface area contributed by atoms with Gasteiger partial charge in [0.05, 0.1) is 11.4 Å². The molecular formula is C23H15ClN8O. The summed E-state index contributed by atoms with van der Waals surface area (Å²) in [6, 6.07) is 26.2. The Hall–Kier alpha value is -4.50. The minimum Gasteiger partial charge on any atom is -0.324 e. The summed E-state index contributed by atoms with van der Waals surface area (Å²) in [6.07, 6.45) is 0. The van der Waals surface area contributed by atoms with E-state index in [0.717, 1.165) is 17.1 Å². The van der Waals surface area contributed by atoms with Crippen molar-refractivity contribution < 1.29 is 0 Å². The standard InChI is InChI=1S/C23H15ClN8O/c24-15-11-13-16(14-12-15)25-22-28-32-21(33)19-20(31(29-27-19)18-9-5-2-6-10-18)26-23(32)30(22)17-7-3-1-4-8-17/h1-14H,(H,25,28). The number of nitrogens with zero attached hydrogens (tertiary/aromatic N) is 7. The number of halogens is 1. The molecule has 0 bridgehead atoms. The third-order valence-corrected chi connectivity index (χ3v) is 5.41. The molecule has 0 atom stereocenters. The van der Waals surface area contributed by atoms with Gasteiger partial charge in [-0.05, 0) is 48.5 Å². The van der Waals surface area contributed by atoms with Crippen molar-refractivity contribution in [2.24, 2.45) is 0 Å². The van der Waals surface area contributed by atoms with Gasteiger partial charge < -0.3 is 5.32 Å². The molecule has 0 amide bonds. The van der Waals surface area contributed by atoms with Crippen molar-refractivity contribution >= 4 is 40.2 Å². The molecule has 9 nitrogen and oxygen atoms in total. The first-order valence-electron chi connectivity index (χ1n) is 10.1. The predicted octanol–water partition coefficient (Wildman–Crippen LogP) is 4.01. The van der Waals surface area contributed by atoms with Crippen LogP contribution in [0.4, 0.5) is 11.6 Å². The number of hydrogen-bond acceptors (Lipinski definition) is 6. The van der Waals surface area contributed by atoms with Crippen molar-refractivity contribution in [3.05, 3.63) is 100 Å². The predicted molar refractivity (Wildman–Crippen MR) is 126 cm³/mol. The second-order valence-corrected chi connectivity index (χ2v) is 7.70. The maximum Gasteiger partial charge on any atom is 0.306 e. The van der Waals surface area contributed by atoms with Gasteiger partial charge in [0.1, 0.15) is 0 Å². The van der Waals surface area contributed by atoms with Gasteiger partial charge in [0, 0.05) is 10.7 Å². The lowest BCUT2D eigenvalue weighted by atomic mass is 10.3. The molecule has 33 heavy (non-hydrogen) atoms. The molecule has 0 saturated heterocycles. The molecule has 0 spiro atoms. The summed E-state index contributed by atoms with van der Waals surface area (Å²) in [5.74, 6) is 0.745. The molecule has 0 aliphatic heterocycles. The van der Waals surface area contributed by atoms with Gasteiger partial charge in [0.15, 0.2) is 11.2 Å². The monoisotopic (exact) mass is 454 g/mol. The summed E-state index contributed by atoms with van der Waals surface area (Å²) < 4.78 is 4.56. The van der Waals surface area contributed by atoms with Crippen LogP contribution < -0.4 is 10.9 Å². The largest absolute Gasteiger partial charge is 0.324 e. The van der Waals surface area contributed by atoms with Gasteiger partial charge in [0.25, 0.3) is 0 Å². The van der Waals surface area contributed by atoms with Crippen molar-refractivity contribution in [3.8, 4) is 11.4 Å². The lowest BCUT2D eigenvalue weighted by molar-refractivity contribution is 0.817. The van der Waals surface area contributed by atoms with Crippen molar-refractivity contribution in [3.63, 3.8) is 0 Å². The van der Waals surface area contributed by atoms with Crippen LogP contribution in [0.2, 0.25) is 5.02 Å². The van der Waals surface area contributed by atoms with E-state index >= 15 is 0 Å². The maximum absolute atomic E-state index is 13.3. The zero-order valence-corrected chi connectivity index (χ0v) is 17.8. The van der Waals surface area contributed by atoms with Gasteiger partial charge in [-0.1, -0.05) is 53.2 Å². The highest BCUT2D eigenvalue weighted by Gasteiger charge is 2.21. The highest BCUT2D eigenvalue weighted by Crippen LogP contribution is 2.24. The molecule has 0 fully saturated rings. The van der Waals surface area contributed by atoms with E-state index < -0.39 is 5.56 Å². The second-order valence-electron chi connectivity index (χ2n) is 7.26. The maximum atomic E-state index is 13.3. The number of nitrogens with one attached hydrogen (secondary N) is 1. The van der Waals surface area contributed by atoms with Gasteiger partial charge in [-0.25, -0.2) is 4.57 Å². The fourth-order valence-corrected chi connectivity index (χ4v) is 3.74. The summed E-state index contributed by atoms with van der Waals surface area (Å²) in [5, 5.41) is 16.6. The molecule has 10 heteroatoms. The number of benzene rings is 3. The summed E-state index contributed by atoms with van der Waals surface area (Å²) in [7, 11) is 0. The topological polar surface area (TPSA) is 94.9 Å². The molecule has 0 aliphatic carbocycles. The van der Waals surface area contributed by atoms with Crippen LogP contribution in [0, 0.1) is 0 Å². The normalized spacial score (nSPS) is 11.3. The number of aromatic nitrogens is 7. The van der Waals surface area contributed by atoms with Gasteiger partial charge in [-0.15, -0.1) is 10.2 Å². The van der Waals surface area contributed by atoms with Gasteiger partial charge in [-0.3, -0.25) is 4.79 Å². The van der Waals surface area contributed by atoms with Crippen LogP contribution in [0.1, 0.15) is 0 Å². The fourth-order valence-electron chi connectivity index (χ4n) is 3.62. The minimum absolute atomic E-state index is 0.132. The average Bonchev–Trinajstić information content (AvgIpc) is 3.44. The number of para-hydroxylation sites is 2. The van der Waals surface area contributed by atoms with E-state index in [2.05, 4.69) is 20.7 Å². The molecule has 6 rings (SSSR count). The van der Waals surface area contributed by atoms with Gasteiger partial charge in [0.2, 0.25) is 11.7 Å². The van der Waals surface area contributed by atoms with E-state index in [1.54, 1.807) is 21.4 Å². The first kappa shape index (κ1) is 19.2. The summed E-state index contributed by atoms with van der Waals surface area (Å²) >= 11 is 6.02. The Morgan fingerprint density at radius 3 is 2.18 bits per heavy atom. The Bertz CT molecular complexity index is 1650. The quantitative estimate of drug-likeness (QED) is 0.432. The molecule has 0 aliphatic rings. The molecule has 160 valence electrons. The van der Waals surface area contributed by atoms with Gasteiger partial charge >= 0.3 is 5.56 Å². The van der Waals surface area contributed by atoms with Crippen LogP contribution >= 0.6 is 11.6 Å². The smallest absolute Gasteiger partial charge is 0.306 e. The Morgan fingerprint density at radius 1 is 0.818 bits per heavy atom. The molecule has 1 N–H and O–H groups in total. The molecule has 3 aromatic heterocycles. The number of rotatable bonds is 4. The van der Waals surface area contributed by atoms with Crippen molar-refractivity contribution in [1.82, 2.24) is 34.2 Å². The van der Waals surface area contributed by atoms with Crippen LogP contribution in [0.25, 0.3) is 28.3 Å². The van der Waals surface area contributed by atoms with Crippen LogP contribution in [-0.2, 0) is 0 Å². The highest BCUT2D eigenvalue weighted by molar-refractivity contribution is 6.30.